The molecule has 1 saturated heterocycles. The highest BCUT2D eigenvalue weighted by atomic mass is 35.5. The van der Waals surface area contributed by atoms with Gasteiger partial charge in [0, 0.05) is 41.8 Å². The van der Waals surface area contributed by atoms with Crippen LogP contribution in [0.15, 0.2) is 88.7 Å². The summed E-state index contributed by atoms with van der Waals surface area (Å²) >= 11 is 7.55. The SMILES string of the molecule is O=C(CN1C(=O)C(=Cc2cccc(Cl)c2)Sc2ccccc21)N1CCN(c2ccccc2)CC1. The minimum atomic E-state index is -0.167. The Kier molecular flexibility index (Phi) is 6.61. The predicted molar refractivity (Wildman–Crippen MR) is 139 cm³/mol. The molecule has 3 aromatic carbocycles. The summed E-state index contributed by atoms with van der Waals surface area (Å²) < 4.78 is 0. The average Bonchev–Trinajstić information content (AvgIpc) is 2.87. The topological polar surface area (TPSA) is 43.9 Å². The van der Waals surface area contributed by atoms with Gasteiger partial charge in [0.1, 0.15) is 6.54 Å². The number of halogens is 1. The van der Waals surface area contributed by atoms with Crippen molar-refractivity contribution in [2.45, 2.75) is 4.90 Å². The molecule has 2 aliphatic heterocycles. The van der Waals surface area contributed by atoms with E-state index in [-0.39, 0.29) is 18.4 Å². The van der Waals surface area contributed by atoms with Gasteiger partial charge in [-0.3, -0.25) is 14.5 Å². The first-order valence-corrected chi connectivity index (χ1v) is 12.4. The van der Waals surface area contributed by atoms with E-state index >= 15 is 0 Å². The molecule has 0 aliphatic carbocycles. The molecule has 2 amide bonds. The molecule has 2 heterocycles. The molecule has 0 aromatic heterocycles. The fourth-order valence-electron chi connectivity index (χ4n) is 4.26. The van der Waals surface area contributed by atoms with Gasteiger partial charge in [-0.25, -0.2) is 0 Å². The Morgan fingerprint density at radius 1 is 0.912 bits per heavy atom. The molecule has 0 bridgehead atoms. The van der Waals surface area contributed by atoms with Crippen LogP contribution < -0.4 is 9.80 Å². The maximum Gasteiger partial charge on any atom is 0.265 e. The number of carbonyl (C=O) groups is 2. The van der Waals surface area contributed by atoms with E-state index in [4.69, 9.17) is 11.6 Å². The van der Waals surface area contributed by atoms with Crippen molar-refractivity contribution in [2.24, 2.45) is 0 Å². The number of piperazine rings is 1. The summed E-state index contributed by atoms with van der Waals surface area (Å²) in [6.45, 7) is 2.84. The van der Waals surface area contributed by atoms with Crippen LogP contribution in [-0.2, 0) is 9.59 Å². The lowest BCUT2D eigenvalue weighted by molar-refractivity contribution is -0.131. The Morgan fingerprint density at radius 2 is 1.65 bits per heavy atom. The second-order valence-electron chi connectivity index (χ2n) is 8.23. The summed E-state index contributed by atoms with van der Waals surface area (Å²) in [4.78, 5) is 34.0. The number of nitrogens with zero attached hydrogens (tertiary/aromatic N) is 3. The summed E-state index contributed by atoms with van der Waals surface area (Å²) in [7, 11) is 0. The Morgan fingerprint density at radius 3 is 2.41 bits per heavy atom. The van der Waals surface area contributed by atoms with Crippen molar-refractivity contribution in [3.8, 4) is 0 Å². The summed E-state index contributed by atoms with van der Waals surface area (Å²) in [6.07, 6.45) is 1.84. The summed E-state index contributed by atoms with van der Waals surface area (Å²) in [5.41, 5.74) is 2.80. The smallest absolute Gasteiger partial charge is 0.265 e. The van der Waals surface area contributed by atoms with Crippen LogP contribution in [0.4, 0.5) is 11.4 Å². The number of fused-ring (bicyclic) bond motifs is 1. The highest BCUT2D eigenvalue weighted by molar-refractivity contribution is 8.04. The van der Waals surface area contributed by atoms with Crippen LogP contribution in [0.25, 0.3) is 6.08 Å². The van der Waals surface area contributed by atoms with Crippen LogP contribution in [0.1, 0.15) is 5.56 Å². The number of hydrogen-bond donors (Lipinski definition) is 0. The van der Waals surface area contributed by atoms with Gasteiger partial charge in [-0.2, -0.15) is 0 Å². The molecule has 172 valence electrons. The normalized spacial score (nSPS) is 17.1. The van der Waals surface area contributed by atoms with Crippen molar-refractivity contribution < 1.29 is 9.59 Å². The van der Waals surface area contributed by atoms with E-state index in [0.717, 1.165) is 29.2 Å². The van der Waals surface area contributed by atoms with E-state index in [2.05, 4.69) is 17.0 Å². The third-order valence-corrected chi connectivity index (χ3v) is 7.34. The van der Waals surface area contributed by atoms with Gasteiger partial charge in [-0.1, -0.05) is 65.8 Å². The zero-order valence-electron chi connectivity index (χ0n) is 18.6. The molecule has 5 nitrogen and oxygen atoms in total. The Hall–Kier alpha value is -3.22. The highest BCUT2D eigenvalue weighted by Gasteiger charge is 2.32. The Bertz CT molecular complexity index is 1240. The summed E-state index contributed by atoms with van der Waals surface area (Å²) in [5.74, 6) is -0.204. The van der Waals surface area contributed by atoms with Crippen LogP contribution >= 0.6 is 23.4 Å². The van der Waals surface area contributed by atoms with E-state index in [9.17, 15) is 9.59 Å². The number of thioether (sulfide) groups is 1. The lowest BCUT2D eigenvalue weighted by atomic mass is 10.2. The zero-order valence-corrected chi connectivity index (χ0v) is 20.1. The largest absolute Gasteiger partial charge is 0.368 e. The van der Waals surface area contributed by atoms with Gasteiger partial charge in [0.25, 0.3) is 5.91 Å². The van der Waals surface area contributed by atoms with Crippen molar-refractivity contribution in [3.63, 3.8) is 0 Å². The number of anilines is 2. The van der Waals surface area contributed by atoms with Crippen molar-refractivity contribution in [2.75, 3.05) is 42.5 Å². The van der Waals surface area contributed by atoms with Gasteiger partial charge in [0.2, 0.25) is 5.91 Å². The fraction of sp³-hybridized carbons (Fsp3) is 0.185. The molecule has 0 atom stereocenters. The second kappa shape index (κ2) is 9.95. The number of para-hydroxylation sites is 2. The number of benzene rings is 3. The molecule has 0 radical (unpaired) electrons. The first-order chi connectivity index (χ1) is 16.6. The first-order valence-electron chi connectivity index (χ1n) is 11.2. The van der Waals surface area contributed by atoms with Crippen molar-refractivity contribution >= 4 is 52.6 Å². The van der Waals surface area contributed by atoms with E-state index in [1.807, 2.05) is 71.6 Å². The maximum absolute atomic E-state index is 13.5. The molecule has 0 saturated carbocycles. The molecule has 5 rings (SSSR count). The molecule has 0 unspecified atom stereocenters. The molecular formula is C27H24ClN3O2S. The molecule has 7 heteroatoms. The van der Waals surface area contributed by atoms with Crippen LogP contribution in [0.2, 0.25) is 5.02 Å². The van der Waals surface area contributed by atoms with Gasteiger partial charge < -0.3 is 9.80 Å². The molecule has 2 aliphatic rings. The number of rotatable bonds is 4. The zero-order chi connectivity index (χ0) is 23.5. The second-order valence-corrected chi connectivity index (χ2v) is 9.75. The van der Waals surface area contributed by atoms with Crippen LogP contribution in [-0.4, -0.2) is 49.4 Å². The number of hydrogen-bond acceptors (Lipinski definition) is 4. The monoisotopic (exact) mass is 489 g/mol. The van der Waals surface area contributed by atoms with E-state index in [1.54, 1.807) is 11.0 Å². The van der Waals surface area contributed by atoms with Gasteiger partial charge in [0.15, 0.2) is 0 Å². The minimum absolute atomic E-state index is 0.0224. The fourth-order valence-corrected chi connectivity index (χ4v) is 5.51. The van der Waals surface area contributed by atoms with Crippen molar-refractivity contribution in [1.29, 1.82) is 0 Å². The van der Waals surface area contributed by atoms with E-state index in [1.165, 1.54) is 17.4 Å². The first kappa shape index (κ1) is 22.6. The third kappa shape index (κ3) is 4.83. The van der Waals surface area contributed by atoms with Crippen LogP contribution in [0.3, 0.4) is 0 Å². The lowest BCUT2D eigenvalue weighted by Crippen LogP contribution is -2.52. The van der Waals surface area contributed by atoms with E-state index < -0.39 is 0 Å². The van der Waals surface area contributed by atoms with Crippen molar-refractivity contribution in [1.82, 2.24) is 4.90 Å². The summed E-state index contributed by atoms with van der Waals surface area (Å²) in [6, 6.07) is 25.4. The predicted octanol–water partition coefficient (Wildman–Crippen LogP) is 5.17. The quantitative estimate of drug-likeness (QED) is 0.474. The Balaban J connectivity index is 1.33. The minimum Gasteiger partial charge on any atom is -0.368 e. The number of amides is 2. The third-order valence-electron chi connectivity index (χ3n) is 6.03. The van der Waals surface area contributed by atoms with Crippen LogP contribution in [0, 0.1) is 0 Å². The molecule has 0 N–H and O–H groups in total. The molecular weight excluding hydrogens is 466 g/mol. The van der Waals surface area contributed by atoms with Gasteiger partial charge in [-0.15, -0.1) is 0 Å². The van der Waals surface area contributed by atoms with Gasteiger partial charge in [-0.05, 0) is 48.0 Å². The summed E-state index contributed by atoms with van der Waals surface area (Å²) in [5, 5.41) is 0.615. The van der Waals surface area contributed by atoms with Gasteiger partial charge >= 0.3 is 0 Å². The Labute approximate surface area is 208 Å². The molecule has 1 fully saturated rings. The lowest BCUT2D eigenvalue weighted by Gasteiger charge is -2.37. The van der Waals surface area contributed by atoms with Crippen molar-refractivity contribution in [3.05, 3.63) is 94.4 Å². The van der Waals surface area contributed by atoms with E-state index in [0.29, 0.717) is 23.0 Å². The standard InChI is InChI=1S/C27H24ClN3O2S/c28-21-8-6-7-20(17-21)18-25-27(33)31(23-11-4-5-12-24(23)34-25)19-26(32)30-15-13-29(14-16-30)22-9-2-1-3-10-22/h1-12,17-18H,13-16,19H2. The molecule has 0 spiro atoms. The maximum atomic E-state index is 13.5. The highest BCUT2D eigenvalue weighted by Crippen LogP contribution is 2.42. The van der Waals surface area contributed by atoms with Gasteiger partial charge in [0.05, 0.1) is 10.6 Å². The van der Waals surface area contributed by atoms with Crippen LogP contribution in [0.5, 0.6) is 0 Å². The molecule has 3 aromatic rings. The number of carbonyl (C=O) groups excluding carboxylic acids is 2. The molecule has 34 heavy (non-hydrogen) atoms. The average molecular weight is 490 g/mol.